The van der Waals surface area contributed by atoms with Crippen molar-refractivity contribution in [1.82, 2.24) is 14.8 Å². The Morgan fingerprint density at radius 3 is 2.75 bits per heavy atom. The molecule has 0 spiro atoms. The highest BCUT2D eigenvalue weighted by molar-refractivity contribution is 9.10. The number of hydrogen-bond donors (Lipinski definition) is 1. The topological polar surface area (TPSA) is 63.1 Å². The van der Waals surface area contributed by atoms with E-state index in [2.05, 4.69) is 31.3 Å². The highest BCUT2D eigenvalue weighted by atomic mass is 79.9. The normalized spacial score (nSPS) is 10.4. The predicted molar refractivity (Wildman–Crippen MR) is 81.6 cm³/mol. The van der Waals surface area contributed by atoms with Crippen molar-refractivity contribution in [2.24, 2.45) is 7.05 Å². The molecule has 0 aromatic carbocycles. The molecule has 0 atom stereocenters. The van der Waals surface area contributed by atoms with Crippen molar-refractivity contribution in [2.45, 2.75) is 13.5 Å². The first-order chi connectivity index (χ1) is 9.47. The maximum absolute atomic E-state index is 11.2. The number of nitrogens with zero attached hydrogens (tertiary/aromatic N) is 4. The van der Waals surface area contributed by atoms with Crippen LogP contribution in [0.15, 0.2) is 29.0 Å². The highest BCUT2D eigenvalue weighted by Crippen LogP contribution is 2.17. The van der Waals surface area contributed by atoms with Crippen molar-refractivity contribution in [3.63, 3.8) is 0 Å². The number of carbonyl (C=O) groups excluding carboxylic acids is 1. The SMILES string of the molecule is CC(=O)N(C)c1ccc(NCc2nn(C)cc2Br)cn1. The Kier molecular flexibility index (Phi) is 4.39. The van der Waals surface area contributed by atoms with Gasteiger partial charge in [-0.25, -0.2) is 4.98 Å². The Hall–Kier alpha value is -1.89. The van der Waals surface area contributed by atoms with Gasteiger partial charge in [0, 0.05) is 27.2 Å². The molecule has 0 bridgehead atoms. The molecular weight excluding hydrogens is 322 g/mol. The molecule has 0 unspecified atom stereocenters. The van der Waals surface area contributed by atoms with Crippen molar-refractivity contribution in [3.8, 4) is 0 Å². The molecule has 0 saturated carbocycles. The first-order valence-electron chi connectivity index (χ1n) is 6.09. The number of hydrogen-bond acceptors (Lipinski definition) is 4. The van der Waals surface area contributed by atoms with E-state index in [4.69, 9.17) is 0 Å². The maximum atomic E-state index is 11.2. The van der Waals surface area contributed by atoms with Crippen molar-refractivity contribution < 1.29 is 4.79 Å². The van der Waals surface area contributed by atoms with Crippen LogP contribution in [0.3, 0.4) is 0 Å². The lowest BCUT2D eigenvalue weighted by Gasteiger charge is -2.14. The number of pyridine rings is 1. The van der Waals surface area contributed by atoms with Crippen molar-refractivity contribution in [1.29, 1.82) is 0 Å². The van der Waals surface area contributed by atoms with Gasteiger partial charge in [-0.2, -0.15) is 5.10 Å². The number of nitrogens with one attached hydrogen (secondary N) is 1. The van der Waals surface area contributed by atoms with Gasteiger partial charge in [0.2, 0.25) is 5.91 Å². The van der Waals surface area contributed by atoms with Gasteiger partial charge in [-0.05, 0) is 28.1 Å². The zero-order valence-electron chi connectivity index (χ0n) is 11.6. The van der Waals surface area contributed by atoms with Crippen LogP contribution in [-0.2, 0) is 18.4 Å². The summed E-state index contributed by atoms with van der Waals surface area (Å²) >= 11 is 3.45. The van der Waals surface area contributed by atoms with Crippen LogP contribution < -0.4 is 10.2 Å². The molecule has 0 saturated heterocycles. The van der Waals surface area contributed by atoms with E-state index in [1.54, 1.807) is 24.0 Å². The fraction of sp³-hybridized carbons (Fsp3) is 0.308. The van der Waals surface area contributed by atoms with E-state index >= 15 is 0 Å². The van der Waals surface area contributed by atoms with Gasteiger partial charge in [-0.3, -0.25) is 9.48 Å². The number of aromatic nitrogens is 3. The van der Waals surface area contributed by atoms with E-state index in [1.807, 2.05) is 19.3 Å². The summed E-state index contributed by atoms with van der Waals surface area (Å²) in [5.41, 5.74) is 1.81. The van der Waals surface area contributed by atoms with E-state index < -0.39 is 0 Å². The smallest absolute Gasteiger partial charge is 0.224 e. The summed E-state index contributed by atoms with van der Waals surface area (Å²) in [6.07, 6.45) is 3.60. The monoisotopic (exact) mass is 337 g/mol. The summed E-state index contributed by atoms with van der Waals surface area (Å²) in [7, 11) is 3.57. The second-order valence-electron chi connectivity index (χ2n) is 4.43. The summed E-state index contributed by atoms with van der Waals surface area (Å²) in [5, 5.41) is 7.57. The lowest BCUT2D eigenvalue weighted by molar-refractivity contribution is -0.116. The molecule has 2 rings (SSSR count). The van der Waals surface area contributed by atoms with Gasteiger partial charge in [0.1, 0.15) is 5.82 Å². The third-order valence-corrected chi connectivity index (χ3v) is 3.54. The van der Waals surface area contributed by atoms with Gasteiger partial charge in [0.15, 0.2) is 0 Å². The first-order valence-corrected chi connectivity index (χ1v) is 6.89. The number of halogens is 1. The standard InChI is InChI=1S/C13H16BrN5O/c1-9(20)19(3)13-5-4-10(6-16-13)15-7-12-11(14)8-18(2)17-12/h4-6,8,15H,7H2,1-3H3. The largest absolute Gasteiger partial charge is 0.378 e. The lowest BCUT2D eigenvalue weighted by atomic mass is 10.3. The van der Waals surface area contributed by atoms with E-state index in [0.29, 0.717) is 12.4 Å². The van der Waals surface area contributed by atoms with Gasteiger partial charge in [-0.15, -0.1) is 0 Å². The zero-order chi connectivity index (χ0) is 14.7. The highest BCUT2D eigenvalue weighted by Gasteiger charge is 2.07. The molecule has 0 aliphatic rings. The average molecular weight is 338 g/mol. The third kappa shape index (κ3) is 3.36. The first kappa shape index (κ1) is 14.5. The fourth-order valence-electron chi connectivity index (χ4n) is 1.66. The molecule has 106 valence electrons. The minimum atomic E-state index is -0.0457. The molecule has 20 heavy (non-hydrogen) atoms. The van der Waals surface area contributed by atoms with Crippen molar-refractivity contribution in [3.05, 3.63) is 34.7 Å². The average Bonchev–Trinajstić information content (AvgIpc) is 2.74. The maximum Gasteiger partial charge on any atom is 0.224 e. The van der Waals surface area contributed by atoms with E-state index in [9.17, 15) is 4.79 Å². The van der Waals surface area contributed by atoms with Gasteiger partial charge in [0.25, 0.3) is 0 Å². The van der Waals surface area contributed by atoms with Crippen molar-refractivity contribution >= 4 is 33.3 Å². The van der Waals surface area contributed by atoms with Crippen LogP contribution in [0.5, 0.6) is 0 Å². The molecule has 0 aliphatic carbocycles. The summed E-state index contributed by atoms with van der Waals surface area (Å²) in [6.45, 7) is 2.11. The van der Waals surface area contributed by atoms with Gasteiger partial charge >= 0.3 is 0 Å². The summed E-state index contributed by atoms with van der Waals surface area (Å²) < 4.78 is 2.72. The number of carbonyl (C=O) groups is 1. The van der Waals surface area contributed by atoms with Crippen LogP contribution in [0, 0.1) is 0 Å². The van der Waals surface area contributed by atoms with Crippen LogP contribution >= 0.6 is 15.9 Å². The Balaban J connectivity index is 2.01. The Labute approximate surface area is 125 Å². The minimum Gasteiger partial charge on any atom is -0.378 e. The molecule has 6 nitrogen and oxygen atoms in total. The van der Waals surface area contributed by atoms with Gasteiger partial charge < -0.3 is 10.2 Å². The summed E-state index contributed by atoms with van der Waals surface area (Å²) in [4.78, 5) is 17.0. The second kappa shape index (κ2) is 6.04. The molecular formula is C13H16BrN5O. The molecule has 0 radical (unpaired) electrons. The molecule has 1 amide bonds. The van der Waals surface area contributed by atoms with Crippen LogP contribution in [0.2, 0.25) is 0 Å². The van der Waals surface area contributed by atoms with E-state index in [-0.39, 0.29) is 5.91 Å². The molecule has 7 heteroatoms. The Morgan fingerprint density at radius 2 is 2.25 bits per heavy atom. The van der Waals surface area contributed by atoms with Crippen LogP contribution in [0.25, 0.3) is 0 Å². The van der Waals surface area contributed by atoms with Gasteiger partial charge in [0.05, 0.1) is 28.6 Å². The molecule has 2 aromatic heterocycles. The summed E-state index contributed by atoms with van der Waals surface area (Å²) in [5.74, 6) is 0.581. The predicted octanol–water partition coefficient (Wildman–Crippen LogP) is 2.17. The third-order valence-electron chi connectivity index (χ3n) is 2.88. The van der Waals surface area contributed by atoms with Crippen molar-refractivity contribution in [2.75, 3.05) is 17.3 Å². The van der Waals surface area contributed by atoms with E-state index in [1.165, 1.54) is 11.8 Å². The minimum absolute atomic E-state index is 0.0457. The second-order valence-corrected chi connectivity index (χ2v) is 5.29. The molecule has 0 aliphatic heterocycles. The zero-order valence-corrected chi connectivity index (χ0v) is 13.2. The molecule has 0 fully saturated rings. The van der Waals surface area contributed by atoms with Crippen LogP contribution in [0.4, 0.5) is 11.5 Å². The molecule has 2 aromatic rings. The number of anilines is 2. The summed E-state index contributed by atoms with van der Waals surface area (Å²) in [6, 6.07) is 3.69. The Bertz CT molecular complexity index is 608. The van der Waals surface area contributed by atoms with Crippen LogP contribution in [0.1, 0.15) is 12.6 Å². The van der Waals surface area contributed by atoms with Crippen LogP contribution in [-0.4, -0.2) is 27.7 Å². The quantitative estimate of drug-likeness (QED) is 0.928. The molecule has 2 heterocycles. The number of aryl methyl sites for hydroxylation is 1. The molecule has 1 N–H and O–H groups in total. The van der Waals surface area contributed by atoms with E-state index in [0.717, 1.165) is 15.9 Å². The van der Waals surface area contributed by atoms with Gasteiger partial charge in [-0.1, -0.05) is 0 Å². The number of rotatable bonds is 4. The Morgan fingerprint density at radius 1 is 1.50 bits per heavy atom. The fourth-order valence-corrected chi connectivity index (χ4v) is 2.18. The lowest BCUT2D eigenvalue weighted by Crippen LogP contribution is -2.23. The number of amides is 1.